The van der Waals surface area contributed by atoms with Crippen LogP contribution in [-0.4, -0.2) is 140 Å². The Balaban J connectivity index is 0.000000153. The van der Waals surface area contributed by atoms with Gasteiger partial charge in [-0.3, -0.25) is 0 Å². The van der Waals surface area contributed by atoms with E-state index in [4.69, 9.17) is 0 Å². The predicted octanol–water partition coefficient (Wildman–Crippen LogP) is 15.4. The molecule has 80 heavy (non-hydrogen) atoms. The van der Waals surface area contributed by atoms with E-state index in [2.05, 4.69) is 227 Å². The van der Waals surface area contributed by atoms with E-state index in [0.29, 0.717) is 0 Å². The summed E-state index contributed by atoms with van der Waals surface area (Å²) in [5.41, 5.74) is 33.8. The van der Waals surface area contributed by atoms with Gasteiger partial charge < -0.3 is 29.4 Å². The third kappa shape index (κ3) is 11.8. The Labute approximate surface area is 484 Å². The molecule has 6 aromatic carbocycles. The summed E-state index contributed by atoms with van der Waals surface area (Å²) in [5, 5.41) is 8.64. The van der Waals surface area contributed by atoms with Gasteiger partial charge in [-0.05, 0) is 307 Å². The van der Waals surface area contributed by atoms with Gasteiger partial charge in [0.1, 0.15) is 0 Å². The molecule has 6 heteroatoms. The van der Waals surface area contributed by atoms with Crippen LogP contribution in [0.2, 0.25) is 0 Å². The first kappa shape index (κ1) is 60.4. The van der Waals surface area contributed by atoms with Gasteiger partial charge in [-0.2, -0.15) is 0 Å². The molecule has 0 unspecified atom stereocenters. The summed E-state index contributed by atoms with van der Waals surface area (Å²) in [4.78, 5) is 13.7. The van der Waals surface area contributed by atoms with Gasteiger partial charge in [0.25, 0.3) is 0 Å². The molecular formula is C74H98N6. The number of benzene rings is 6. The molecule has 0 spiro atoms. The fourth-order valence-corrected chi connectivity index (χ4v) is 14.0. The van der Waals surface area contributed by atoms with E-state index < -0.39 is 0 Å². The quantitative estimate of drug-likeness (QED) is 0.121. The van der Waals surface area contributed by atoms with Gasteiger partial charge in [0.05, 0.1) is 0 Å². The van der Waals surface area contributed by atoms with Gasteiger partial charge in [-0.25, -0.2) is 0 Å². The molecule has 0 fully saturated rings. The molecule has 0 heterocycles. The Morgan fingerprint density at radius 2 is 0.637 bits per heavy atom. The van der Waals surface area contributed by atoms with Crippen molar-refractivity contribution in [3.05, 3.63) is 173 Å². The predicted molar refractivity (Wildman–Crippen MR) is 354 cm³/mol. The van der Waals surface area contributed by atoms with Crippen molar-refractivity contribution in [3.8, 4) is 0 Å². The van der Waals surface area contributed by atoms with E-state index in [1.807, 2.05) is 27.7 Å². The van der Waals surface area contributed by atoms with Crippen molar-refractivity contribution in [1.29, 1.82) is 0 Å². The Morgan fingerprint density at radius 3 is 0.950 bits per heavy atom. The Morgan fingerprint density at radius 1 is 0.338 bits per heavy atom. The monoisotopic (exact) mass is 1070 g/mol. The lowest BCUT2D eigenvalue weighted by atomic mass is 9.87. The van der Waals surface area contributed by atoms with Crippen LogP contribution in [0, 0.1) is 0 Å². The zero-order valence-corrected chi connectivity index (χ0v) is 53.3. The molecule has 6 aromatic rings. The molecule has 6 aliphatic rings. The molecule has 0 aliphatic heterocycles. The first-order valence-electron chi connectivity index (χ1n) is 30.0. The van der Waals surface area contributed by atoms with Gasteiger partial charge in [0.2, 0.25) is 0 Å². The number of hydrogen-bond acceptors (Lipinski definition) is 6. The number of hydrogen-bond donors (Lipinski definition) is 0. The maximum absolute atomic E-state index is 2.45. The van der Waals surface area contributed by atoms with Crippen molar-refractivity contribution < 1.29 is 0 Å². The second-order valence-electron chi connectivity index (χ2n) is 24.8. The van der Waals surface area contributed by atoms with E-state index in [1.54, 1.807) is 66.8 Å². The van der Waals surface area contributed by atoms with Crippen LogP contribution in [0.25, 0.3) is 66.8 Å². The van der Waals surface area contributed by atoms with Crippen molar-refractivity contribution in [2.75, 3.05) is 111 Å². The Hall–Kier alpha value is -5.70. The van der Waals surface area contributed by atoms with Crippen molar-refractivity contribution in [2.24, 2.45) is 0 Å². The molecule has 0 bridgehead atoms. The standard InChI is InChI=1S/2C24H30N2.C22H26N2.2C2H6/c1-15-17(13-25(3)4)11-21-22-12-18(14-26(5)6)16(2)24(22)20-10-8-7-9-19(20)23(15)21;1-15-11-19-20-12-16(2)22(14-26(5)6)24(20)18-10-8-7-9-17(18)23(19)21(15)13-25(3)4;1-23(2)13-15-11-21-19-9-5-7-17(19)18-8-6-10-20(18)22(21)12-16(15)14-24(3)4;2*1-2/h2*7-10H,11-14H2,1-6H3;5-6,9-12H,7-8,13-14H2,1-4H3;2*1-2H3. The molecule has 12 rings (SSSR count). The summed E-state index contributed by atoms with van der Waals surface area (Å²) in [6.07, 6.45) is 16.0. The third-order valence-corrected chi connectivity index (χ3v) is 17.1. The van der Waals surface area contributed by atoms with Crippen molar-refractivity contribution in [1.82, 2.24) is 29.4 Å². The molecule has 6 nitrogen and oxygen atoms in total. The largest absolute Gasteiger partial charge is 0.305 e. The summed E-state index contributed by atoms with van der Waals surface area (Å²) >= 11 is 0. The van der Waals surface area contributed by atoms with Crippen molar-refractivity contribution >= 4 is 66.8 Å². The minimum absolute atomic E-state index is 0.991. The molecular weight excluding hydrogens is 973 g/mol. The molecule has 0 N–H and O–H groups in total. The van der Waals surface area contributed by atoms with E-state index in [0.717, 1.165) is 77.8 Å². The van der Waals surface area contributed by atoms with Crippen LogP contribution in [0.3, 0.4) is 0 Å². The number of allylic oxidation sites excluding steroid dienone is 6. The van der Waals surface area contributed by atoms with Gasteiger partial charge in [0.15, 0.2) is 0 Å². The molecule has 0 saturated heterocycles. The summed E-state index contributed by atoms with van der Waals surface area (Å²) in [6.45, 7) is 23.5. The number of fused-ring (bicyclic) bond motifs is 18. The minimum atomic E-state index is 0.991. The second kappa shape index (κ2) is 25.6. The summed E-state index contributed by atoms with van der Waals surface area (Å²) in [5.74, 6) is 0. The normalized spacial score (nSPS) is 15.4. The topological polar surface area (TPSA) is 19.4 Å². The molecule has 0 radical (unpaired) electrons. The highest BCUT2D eigenvalue weighted by Gasteiger charge is 2.34. The lowest BCUT2D eigenvalue weighted by molar-refractivity contribution is 0.381. The van der Waals surface area contributed by atoms with Gasteiger partial charge in [0, 0.05) is 39.3 Å². The lowest BCUT2D eigenvalue weighted by Crippen LogP contribution is -2.17. The van der Waals surface area contributed by atoms with Gasteiger partial charge >= 0.3 is 0 Å². The number of rotatable bonds is 12. The fourth-order valence-electron chi connectivity index (χ4n) is 14.0. The van der Waals surface area contributed by atoms with Crippen molar-refractivity contribution in [3.63, 3.8) is 0 Å². The fraction of sp³-hybridized carbons (Fsp3) is 0.432. The van der Waals surface area contributed by atoms with Crippen LogP contribution in [0.15, 0.2) is 95.1 Å². The summed E-state index contributed by atoms with van der Waals surface area (Å²) in [6, 6.07) is 23.0. The molecule has 0 saturated carbocycles. The zero-order valence-electron chi connectivity index (χ0n) is 53.3. The summed E-state index contributed by atoms with van der Waals surface area (Å²) in [7, 11) is 26.0. The highest BCUT2D eigenvalue weighted by atomic mass is 15.1. The van der Waals surface area contributed by atoms with Crippen LogP contribution >= 0.6 is 0 Å². The number of nitrogens with zero attached hydrogens (tertiary/aromatic N) is 6. The minimum Gasteiger partial charge on any atom is -0.305 e. The Bertz CT molecular complexity index is 3290. The Kier molecular flexibility index (Phi) is 19.3. The van der Waals surface area contributed by atoms with Crippen LogP contribution in [0.4, 0.5) is 0 Å². The molecule has 0 atom stereocenters. The average Bonchev–Trinajstić information content (AvgIpc) is 4.29. The highest BCUT2D eigenvalue weighted by molar-refractivity contribution is 6.08. The van der Waals surface area contributed by atoms with Crippen LogP contribution in [-0.2, 0) is 51.6 Å². The van der Waals surface area contributed by atoms with Crippen molar-refractivity contribution in [2.45, 2.75) is 107 Å². The maximum atomic E-state index is 2.45. The van der Waals surface area contributed by atoms with E-state index in [-0.39, 0.29) is 0 Å². The molecule has 6 aliphatic carbocycles. The van der Waals surface area contributed by atoms with Crippen LogP contribution in [0.5, 0.6) is 0 Å². The average molecular weight is 1070 g/mol. The molecule has 0 aromatic heterocycles. The van der Waals surface area contributed by atoms with Crippen LogP contribution in [0.1, 0.15) is 133 Å². The first-order chi connectivity index (χ1) is 38.3. The molecule has 424 valence electrons. The van der Waals surface area contributed by atoms with E-state index in [1.165, 1.54) is 88.0 Å². The van der Waals surface area contributed by atoms with Gasteiger partial charge in [-0.1, -0.05) is 112 Å². The second-order valence-corrected chi connectivity index (χ2v) is 24.8. The lowest BCUT2D eigenvalue weighted by Gasteiger charge is -2.21. The SMILES string of the molecule is CC.CC.CC1=C(CN(C)C)Cc2c3c(c4ccccc4c21)C(C)=C(CN(C)C)C3.CC1=C(CN(C)C)c2c(c3c(c4ccccc24)C(CN(C)C)=C(C)C3)C1.CN(C)Cc1cc2c3c(c4c(c2cc1CN(C)C)C=CC4)CC=C3. The number of likely N-dealkylation sites (N-methyl/N-ethyl adjacent to an activating group) is 4. The van der Waals surface area contributed by atoms with Gasteiger partial charge in [-0.15, -0.1) is 0 Å². The van der Waals surface area contributed by atoms with Crippen LogP contribution < -0.4 is 0 Å². The summed E-state index contributed by atoms with van der Waals surface area (Å²) < 4.78 is 0. The highest BCUT2D eigenvalue weighted by Crippen LogP contribution is 2.50. The molecule has 0 amide bonds. The smallest absolute Gasteiger partial charge is 0.0233 e. The first-order valence-corrected chi connectivity index (χ1v) is 30.0. The third-order valence-electron chi connectivity index (χ3n) is 17.1. The zero-order chi connectivity index (χ0) is 58.0. The van der Waals surface area contributed by atoms with E-state index >= 15 is 0 Å². The maximum Gasteiger partial charge on any atom is 0.0233 e. The van der Waals surface area contributed by atoms with E-state index in [9.17, 15) is 0 Å².